The molecule has 1 aromatic heterocycles. The van der Waals surface area contributed by atoms with Crippen LogP contribution < -0.4 is 0 Å². The number of thiophene rings is 1. The molecule has 2 aliphatic rings. The number of carbonyl (C=O) groups excluding carboxylic acids is 1. The Bertz CT molecular complexity index is 825. The van der Waals surface area contributed by atoms with Crippen LogP contribution in [0.1, 0.15) is 40.5 Å². The SMILES string of the molecule is O=C(Cc1ccc(C(F)(F)F)cc1)N1CCc2ccsc2C1CN1CCCC1. The highest BCUT2D eigenvalue weighted by Gasteiger charge is 2.34. The highest BCUT2D eigenvalue weighted by molar-refractivity contribution is 7.10. The number of fused-ring (bicyclic) bond motifs is 1. The Morgan fingerprint density at radius 3 is 2.46 bits per heavy atom. The van der Waals surface area contributed by atoms with E-state index in [2.05, 4.69) is 16.3 Å². The van der Waals surface area contributed by atoms with Crippen LogP contribution in [0.15, 0.2) is 35.7 Å². The van der Waals surface area contributed by atoms with Crippen molar-refractivity contribution >= 4 is 17.2 Å². The second kappa shape index (κ2) is 7.87. The summed E-state index contributed by atoms with van der Waals surface area (Å²) in [6, 6.07) is 7.13. The minimum absolute atomic E-state index is 0.0111. The van der Waals surface area contributed by atoms with Crippen molar-refractivity contribution in [2.45, 2.75) is 37.9 Å². The van der Waals surface area contributed by atoms with Crippen molar-refractivity contribution in [3.63, 3.8) is 0 Å². The molecule has 0 aliphatic carbocycles. The standard InChI is InChI=1S/C21H23F3N2OS/c22-21(23,24)17-5-3-15(4-6-17)13-19(27)26-11-7-16-8-12-28-20(16)18(26)14-25-9-1-2-10-25/h3-6,8,12,18H,1-2,7,9-11,13-14H2. The van der Waals surface area contributed by atoms with Gasteiger partial charge in [0.25, 0.3) is 0 Å². The lowest BCUT2D eigenvalue weighted by Gasteiger charge is -2.38. The van der Waals surface area contributed by atoms with Gasteiger partial charge in [0.2, 0.25) is 5.91 Å². The van der Waals surface area contributed by atoms with Crippen LogP contribution in [0, 0.1) is 0 Å². The molecule has 0 N–H and O–H groups in total. The normalized spacial score (nSPS) is 20.4. The van der Waals surface area contributed by atoms with E-state index in [-0.39, 0.29) is 18.4 Å². The summed E-state index contributed by atoms with van der Waals surface area (Å²) in [5.41, 5.74) is 1.26. The fourth-order valence-corrected chi connectivity index (χ4v) is 5.22. The van der Waals surface area contributed by atoms with Crippen molar-refractivity contribution in [1.82, 2.24) is 9.80 Å². The van der Waals surface area contributed by atoms with Gasteiger partial charge >= 0.3 is 6.18 Å². The molecule has 1 fully saturated rings. The summed E-state index contributed by atoms with van der Waals surface area (Å²) in [5.74, 6) is -0.0111. The molecule has 0 radical (unpaired) electrons. The molecule has 1 saturated heterocycles. The van der Waals surface area contributed by atoms with Crippen LogP contribution in [0.25, 0.3) is 0 Å². The van der Waals surface area contributed by atoms with Crippen molar-refractivity contribution in [3.05, 3.63) is 57.3 Å². The summed E-state index contributed by atoms with van der Waals surface area (Å²) < 4.78 is 38.2. The number of rotatable bonds is 4. The first-order chi connectivity index (χ1) is 13.4. The maximum atomic E-state index is 13.1. The van der Waals surface area contributed by atoms with Gasteiger partial charge in [-0.05, 0) is 67.1 Å². The predicted molar refractivity (Wildman–Crippen MR) is 103 cm³/mol. The van der Waals surface area contributed by atoms with E-state index in [0.29, 0.717) is 12.1 Å². The minimum Gasteiger partial charge on any atom is -0.333 e. The Hall–Kier alpha value is -1.86. The lowest BCUT2D eigenvalue weighted by atomic mass is 9.99. The number of nitrogens with zero attached hydrogens (tertiary/aromatic N) is 2. The van der Waals surface area contributed by atoms with Crippen LogP contribution in [0.3, 0.4) is 0 Å². The molecule has 7 heteroatoms. The lowest BCUT2D eigenvalue weighted by Crippen LogP contribution is -2.44. The molecule has 2 aromatic rings. The number of hydrogen-bond acceptors (Lipinski definition) is 3. The van der Waals surface area contributed by atoms with E-state index in [1.807, 2.05) is 4.90 Å². The average Bonchev–Trinajstić information content (AvgIpc) is 3.33. The fraction of sp³-hybridized carbons (Fsp3) is 0.476. The fourth-order valence-electron chi connectivity index (χ4n) is 4.16. The van der Waals surface area contributed by atoms with Crippen molar-refractivity contribution in [2.24, 2.45) is 0 Å². The minimum atomic E-state index is -4.36. The zero-order valence-corrected chi connectivity index (χ0v) is 16.4. The molecule has 4 rings (SSSR count). The molecule has 1 aromatic carbocycles. The number of likely N-dealkylation sites (tertiary alicyclic amines) is 1. The summed E-state index contributed by atoms with van der Waals surface area (Å²) >= 11 is 1.70. The van der Waals surface area contributed by atoms with Crippen LogP contribution in [-0.2, 0) is 23.8 Å². The van der Waals surface area contributed by atoms with Crippen molar-refractivity contribution in [2.75, 3.05) is 26.2 Å². The second-order valence-electron chi connectivity index (χ2n) is 7.54. The molecule has 0 bridgehead atoms. The summed E-state index contributed by atoms with van der Waals surface area (Å²) in [7, 11) is 0. The van der Waals surface area contributed by atoms with E-state index in [1.165, 1.54) is 35.4 Å². The monoisotopic (exact) mass is 408 g/mol. The van der Waals surface area contributed by atoms with Crippen molar-refractivity contribution < 1.29 is 18.0 Å². The number of amides is 1. The number of hydrogen-bond donors (Lipinski definition) is 0. The van der Waals surface area contributed by atoms with Gasteiger partial charge in [-0.3, -0.25) is 4.79 Å². The first kappa shape index (κ1) is 19.5. The molecule has 1 atom stereocenters. The molecule has 3 heterocycles. The number of halogens is 3. The zero-order valence-electron chi connectivity index (χ0n) is 15.5. The molecule has 1 unspecified atom stereocenters. The van der Waals surface area contributed by atoms with Crippen molar-refractivity contribution in [1.29, 1.82) is 0 Å². The quantitative estimate of drug-likeness (QED) is 0.742. The second-order valence-corrected chi connectivity index (χ2v) is 8.49. The van der Waals surface area contributed by atoms with E-state index in [1.54, 1.807) is 11.3 Å². The first-order valence-electron chi connectivity index (χ1n) is 9.66. The third kappa shape index (κ3) is 4.10. The summed E-state index contributed by atoms with van der Waals surface area (Å²) in [5, 5.41) is 2.09. The summed E-state index contributed by atoms with van der Waals surface area (Å²) in [6.45, 7) is 3.64. The molecule has 0 spiro atoms. The van der Waals surface area contributed by atoms with Crippen molar-refractivity contribution in [3.8, 4) is 0 Å². The van der Waals surface area contributed by atoms with Gasteiger partial charge in [0.05, 0.1) is 18.0 Å². The number of carbonyl (C=O) groups is 1. The van der Waals surface area contributed by atoms with Crippen LogP contribution in [-0.4, -0.2) is 41.9 Å². The molecule has 150 valence electrons. The molecular weight excluding hydrogens is 385 g/mol. The van der Waals surface area contributed by atoms with Gasteiger partial charge in [-0.15, -0.1) is 11.3 Å². The van der Waals surface area contributed by atoms with E-state index >= 15 is 0 Å². The van der Waals surface area contributed by atoms with Crippen LogP contribution in [0.2, 0.25) is 0 Å². The van der Waals surface area contributed by atoms with Crippen LogP contribution >= 0.6 is 11.3 Å². The molecule has 0 saturated carbocycles. The van der Waals surface area contributed by atoms with Gasteiger partial charge in [0.15, 0.2) is 0 Å². The van der Waals surface area contributed by atoms with Gasteiger partial charge in [-0.1, -0.05) is 12.1 Å². The largest absolute Gasteiger partial charge is 0.416 e. The highest BCUT2D eigenvalue weighted by atomic mass is 32.1. The van der Waals surface area contributed by atoms with Gasteiger partial charge in [-0.2, -0.15) is 13.2 Å². The number of alkyl halides is 3. The first-order valence-corrected chi connectivity index (χ1v) is 10.5. The van der Waals surface area contributed by atoms with E-state index in [0.717, 1.165) is 38.2 Å². The summed E-state index contributed by atoms with van der Waals surface area (Å²) in [6.07, 6.45) is -0.984. The molecular formula is C21H23F3N2OS. The summed E-state index contributed by atoms with van der Waals surface area (Å²) in [4.78, 5) is 18.7. The lowest BCUT2D eigenvalue weighted by molar-refractivity contribution is -0.137. The Kier molecular flexibility index (Phi) is 5.47. The van der Waals surface area contributed by atoms with Gasteiger partial charge in [0, 0.05) is 18.0 Å². The third-order valence-corrected chi connectivity index (χ3v) is 6.73. The number of benzene rings is 1. The smallest absolute Gasteiger partial charge is 0.333 e. The maximum Gasteiger partial charge on any atom is 0.416 e. The molecule has 28 heavy (non-hydrogen) atoms. The average molecular weight is 408 g/mol. The Morgan fingerprint density at radius 2 is 1.79 bits per heavy atom. The third-order valence-electron chi connectivity index (χ3n) is 5.67. The van der Waals surface area contributed by atoms with Gasteiger partial charge < -0.3 is 9.80 Å². The molecule has 2 aliphatic heterocycles. The topological polar surface area (TPSA) is 23.6 Å². The molecule has 1 amide bonds. The Balaban J connectivity index is 1.50. The predicted octanol–water partition coefficient (Wildman–Crippen LogP) is 4.53. The van der Waals surface area contributed by atoms with Crippen LogP contribution in [0.4, 0.5) is 13.2 Å². The highest BCUT2D eigenvalue weighted by Crippen LogP contribution is 2.36. The van der Waals surface area contributed by atoms with Gasteiger partial charge in [-0.25, -0.2) is 0 Å². The Labute approximate surface area is 166 Å². The zero-order chi connectivity index (χ0) is 19.7. The van der Waals surface area contributed by atoms with Gasteiger partial charge in [0.1, 0.15) is 0 Å². The van der Waals surface area contributed by atoms with E-state index in [4.69, 9.17) is 0 Å². The Morgan fingerprint density at radius 1 is 1.07 bits per heavy atom. The molecule has 3 nitrogen and oxygen atoms in total. The van der Waals surface area contributed by atoms with E-state index in [9.17, 15) is 18.0 Å². The maximum absolute atomic E-state index is 13.1. The van der Waals surface area contributed by atoms with E-state index < -0.39 is 11.7 Å². The van der Waals surface area contributed by atoms with Crippen LogP contribution in [0.5, 0.6) is 0 Å².